The summed E-state index contributed by atoms with van der Waals surface area (Å²) in [6, 6.07) is -1.58. The van der Waals surface area contributed by atoms with E-state index in [-0.39, 0.29) is 12.8 Å². The lowest BCUT2D eigenvalue weighted by Crippen LogP contribution is -2.43. The molecule has 0 spiro atoms. The zero-order valence-corrected chi connectivity index (χ0v) is 34.6. The van der Waals surface area contributed by atoms with Gasteiger partial charge in [0, 0.05) is 12.8 Å². The van der Waals surface area contributed by atoms with Crippen LogP contribution in [0.3, 0.4) is 0 Å². The SMILES string of the molecule is CCCC/C=C\C/C=C\CCCCCCCC(=O)OCC(O)COP(=O)(O)OCC(NC(=O)CCC/C=C\C/C=C\C/C=C\C/C=C\CCCCC)C(=O)O. The number of hydrogen-bond donors (Lipinski definition) is 4. The summed E-state index contributed by atoms with van der Waals surface area (Å²) in [6.45, 7) is 2.44. The van der Waals surface area contributed by atoms with Crippen molar-refractivity contribution in [3.63, 3.8) is 0 Å². The predicted octanol–water partition coefficient (Wildman–Crippen LogP) is 10.2. The number of hydrogen-bond acceptors (Lipinski definition) is 8. The summed E-state index contributed by atoms with van der Waals surface area (Å²) in [7, 11) is -4.77. The third kappa shape index (κ3) is 37.6. The Morgan fingerprint density at radius 2 is 1.04 bits per heavy atom. The molecule has 0 aromatic rings. The number of carbonyl (C=O) groups is 3. The Morgan fingerprint density at radius 3 is 1.58 bits per heavy atom. The van der Waals surface area contributed by atoms with Gasteiger partial charge in [-0.05, 0) is 77.0 Å². The molecule has 0 saturated carbocycles. The lowest BCUT2D eigenvalue weighted by atomic mass is 10.1. The van der Waals surface area contributed by atoms with Gasteiger partial charge in [0.2, 0.25) is 5.91 Å². The number of carboxylic acids is 1. The Labute approximate surface area is 331 Å². The fourth-order valence-electron chi connectivity index (χ4n) is 4.97. The number of nitrogens with one attached hydrogen (secondary N) is 1. The van der Waals surface area contributed by atoms with Crippen LogP contribution in [-0.4, -0.2) is 64.9 Å². The molecule has 0 aromatic heterocycles. The normalized spacial score (nSPS) is 14.5. The quantitative estimate of drug-likeness (QED) is 0.0206. The van der Waals surface area contributed by atoms with E-state index in [0.717, 1.165) is 70.6 Å². The maximum Gasteiger partial charge on any atom is 0.472 e. The lowest BCUT2D eigenvalue weighted by Gasteiger charge is -2.18. The summed E-state index contributed by atoms with van der Waals surface area (Å²) in [5, 5.41) is 21.7. The first kappa shape index (κ1) is 51.9. The Bertz CT molecular complexity index is 1210. The third-order valence-electron chi connectivity index (χ3n) is 8.22. The molecule has 0 fully saturated rings. The average Bonchev–Trinajstić information content (AvgIpc) is 3.16. The second kappa shape index (κ2) is 37.8. The summed E-state index contributed by atoms with van der Waals surface area (Å²) in [5.41, 5.74) is 0. The van der Waals surface area contributed by atoms with Gasteiger partial charge in [0.05, 0.1) is 13.2 Å². The number of carboxylic acid groups (broad SMARTS) is 1. The van der Waals surface area contributed by atoms with Crippen LogP contribution in [0.5, 0.6) is 0 Å². The first-order chi connectivity index (χ1) is 26.6. The number of rotatable bonds is 37. The highest BCUT2D eigenvalue weighted by molar-refractivity contribution is 7.47. The van der Waals surface area contributed by atoms with Crippen molar-refractivity contribution in [1.29, 1.82) is 0 Å². The molecule has 0 heterocycles. The number of phosphoric ester groups is 1. The lowest BCUT2D eigenvalue weighted by molar-refractivity contribution is -0.147. The van der Waals surface area contributed by atoms with E-state index in [9.17, 15) is 34.1 Å². The van der Waals surface area contributed by atoms with E-state index in [1.165, 1.54) is 32.1 Å². The number of allylic oxidation sites excluding steroid dienone is 12. The van der Waals surface area contributed by atoms with Crippen molar-refractivity contribution in [1.82, 2.24) is 5.32 Å². The highest BCUT2D eigenvalue weighted by Crippen LogP contribution is 2.43. The molecule has 0 radical (unpaired) electrons. The van der Waals surface area contributed by atoms with Crippen LogP contribution < -0.4 is 5.32 Å². The highest BCUT2D eigenvalue weighted by Gasteiger charge is 2.28. The molecular formula is C43H72NO10P. The van der Waals surface area contributed by atoms with Gasteiger partial charge in [0.25, 0.3) is 0 Å². The zero-order valence-electron chi connectivity index (χ0n) is 33.7. The molecule has 4 N–H and O–H groups in total. The molecule has 55 heavy (non-hydrogen) atoms. The number of phosphoric acid groups is 1. The van der Waals surface area contributed by atoms with E-state index in [2.05, 4.69) is 79.9 Å². The molecule has 3 unspecified atom stereocenters. The van der Waals surface area contributed by atoms with Gasteiger partial charge in [0.1, 0.15) is 12.7 Å². The Morgan fingerprint density at radius 1 is 0.582 bits per heavy atom. The molecule has 11 nitrogen and oxygen atoms in total. The summed E-state index contributed by atoms with van der Waals surface area (Å²) in [6.07, 6.45) is 43.6. The zero-order chi connectivity index (χ0) is 40.7. The van der Waals surface area contributed by atoms with Crippen molar-refractivity contribution in [2.45, 2.75) is 161 Å². The number of carbonyl (C=O) groups excluding carboxylic acids is 2. The van der Waals surface area contributed by atoms with E-state index in [0.29, 0.717) is 19.3 Å². The van der Waals surface area contributed by atoms with Gasteiger partial charge < -0.3 is 25.2 Å². The van der Waals surface area contributed by atoms with Gasteiger partial charge in [-0.2, -0.15) is 0 Å². The number of ether oxygens (including phenoxy) is 1. The van der Waals surface area contributed by atoms with Crippen LogP contribution in [0.25, 0.3) is 0 Å². The topological polar surface area (TPSA) is 169 Å². The van der Waals surface area contributed by atoms with Crippen LogP contribution >= 0.6 is 7.82 Å². The highest BCUT2D eigenvalue weighted by atomic mass is 31.2. The largest absolute Gasteiger partial charge is 0.480 e. The van der Waals surface area contributed by atoms with Crippen molar-refractivity contribution >= 4 is 25.7 Å². The number of aliphatic hydroxyl groups excluding tert-OH is 1. The molecule has 1 amide bonds. The predicted molar refractivity (Wildman–Crippen MR) is 221 cm³/mol. The molecular weight excluding hydrogens is 721 g/mol. The maximum atomic E-state index is 12.3. The smallest absolute Gasteiger partial charge is 0.472 e. The van der Waals surface area contributed by atoms with Crippen LogP contribution in [0.2, 0.25) is 0 Å². The molecule has 0 aromatic carbocycles. The van der Waals surface area contributed by atoms with Crippen molar-refractivity contribution in [3.8, 4) is 0 Å². The van der Waals surface area contributed by atoms with Gasteiger partial charge in [-0.1, -0.05) is 132 Å². The van der Waals surface area contributed by atoms with Crippen molar-refractivity contribution in [2.75, 3.05) is 19.8 Å². The molecule has 12 heteroatoms. The van der Waals surface area contributed by atoms with Crippen LogP contribution in [-0.2, 0) is 32.7 Å². The van der Waals surface area contributed by atoms with E-state index in [4.69, 9.17) is 13.8 Å². The first-order valence-electron chi connectivity index (χ1n) is 20.5. The monoisotopic (exact) mass is 793 g/mol. The molecule has 0 rings (SSSR count). The molecule has 0 aliphatic rings. The number of unbranched alkanes of at least 4 members (excludes halogenated alkanes) is 11. The minimum Gasteiger partial charge on any atom is -0.480 e. The minimum atomic E-state index is -4.77. The fraction of sp³-hybridized carbons (Fsp3) is 0.651. The van der Waals surface area contributed by atoms with Gasteiger partial charge in [-0.25, -0.2) is 9.36 Å². The molecule has 0 saturated heterocycles. The van der Waals surface area contributed by atoms with Crippen LogP contribution in [0.15, 0.2) is 72.9 Å². The van der Waals surface area contributed by atoms with Gasteiger partial charge in [0.15, 0.2) is 6.04 Å². The van der Waals surface area contributed by atoms with Crippen LogP contribution in [0, 0.1) is 0 Å². The number of esters is 1. The Balaban J connectivity index is 4.06. The van der Waals surface area contributed by atoms with E-state index in [1.54, 1.807) is 0 Å². The standard InChI is InChI=1S/C43H72NO10P/c1-3-5-7-9-11-13-15-17-19-20-21-22-24-26-28-30-32-34-41(46)44-40(43(48)49)38-54-55(50,51)53-37-39(45)36-52-42(47)35-33-31-29-27-25-23-18-16-14-12-10-8-6-4-2/h10-13,16-19,21-22,26,28,39-40,45H,3-9,14-15,20,23-25,27,29-38H2,1-2H3,(H,44,46)(H,48,49)(H,50,51)/b12-10-,13-11-,18-16-,19-17-,22-21-,28-26-. The number of aliphatic hydroxyl groups is 1. The van der Waals surface area contributed by atoms with Crippen molar-refractivity contribution < 1.29 is 47.8 Å². The minimum absolute atomic E-state index is 0.0650. The molecule has 0 bridgehead atoms. The molecule has 314 valence electrons. The summed E-state index contributed by atoms with van der Waals surface area (Å²) in [5.74, 6) is -2.48. The Hall–Kier alpha value is -3.08. The van der Waals surface area contributed by atoms with Crippen molar-refractivity contribution in [2.24, 2.45) is 0 Å². The van der Waals surface area contributed by atoms with Crippen LogP contribution in [0.4, 0.5) is 0 Å². The van der Waals surface area contributed by atoms with E-state index in [1.807, 2.05) is 12.2 Å². The van der Waals surface area contributed by atoms with Crippen LogP contribution in [0.1, 0.15) is 149 Å². The van der Waals surface area contributed by atoms with E-state index >= 15 is 0 Å². The first-order valence-corrected chi connectivity index (χ1v) is 22.0. The van der Waals surface area contributed by atoms with Gasteiger partial charge in [-0.3, -0.25) is 18.6 Å². The number of amides is 1. The second-order valence-corrected chi connectivity index (χ2v) is 14.9. The van der Waals surface area contributed by atoms with E-state index < -0.39 is 57.6 Å². The fourth-order valence-corrected chi connectivity index (χ4v) is 5.74. The van der Waals surface area contributed by atoms with Crippen molar-refractivity contribution in [3.05, 3.63) is 72.9 Å². The third-order valence-corrected chi connectivity index (χ3v) is 9.17. The number of aliphatic carboxylic acids is 1. The maximum absolute atomic E-state index is 12.3. The second-order valence-electron chi connectivity index (χ2n) is 13.5. The average molecular weight is 794 g/mol. The Kier molecular flexibility index (Phi) is 35.7. The molecule has 3 atom stereocenters. The van der Waals surface area contributed by atoms with Gasteiger partial charge in [-0.15, -0.1) is 0 Å². The van der Waals surface area contributed by atoms with Gasteiger partial charge >= 0.3 is 19.8 Å². The molecule has 0 aliphatic carbocycles. The summed E-state index contributed by atoms with van der Waals surface area (Å²) < 4.78 is 26.7. The summed E-state index contributed by atoms with van der Waals surface area (Å²) in [4.78, 5) is 45.8. The summed E-state index contributed by atoms with van der Waals surface area (Å²) >= 11 is 0. The molecule has 0 aliphatic heterocycles.